The number of hydrogen-bond acceptors (Lipinski definition) is 2. The zero-order valence-corrected chi connectivity index (χ0v) is 13.9. The maximum atomic E-state index is 12.5. The van der Waals surface area contributed by atoms with E-state index in [0.717, 1.165) is 30.2 Å². The van der Waals surface area contributed by atoms with E-state index in [9.17, 15) is 4.79 Å². The summed E-state index contributed by atoms with van der Waals surface area (Å²) in [5, 5.41) is 3.13. The van der Waals surface area contributed by atoms with Gasteiger partial charge in [0.2, 0.25) is 0 Å². The SMILES string of the molecule is COc1cc(Br)ccc1C(=O)NC1(CCl)CCCCC1. The Morgan fingerprint density at radius 3 is 2.70 bits per heavy atom. The third kappa shape index (κ3) is 3.47. The highest BCUT2D eigenvalue weighted by Crippen LogP contribution is 2.31. The van der Waals surface area contributed by atoms with Crippen molar-refractivity contribution in [3.8, 4) is 5.75 Å². The molecule has 1 fully saturated rings. The van der Waals surface area contributed by atoms with Crippen molar-refractivity contribution in [3.05, 3.63) is 28.2 Å². The summed E-state index contributed by atoms with van der Waals surface area (Å²) < 4.78 is 6.16. The maximum absolute atomic E-state index is 12.5. The number of hydrogen-bond donors (Lipinski definition) is 1. The fraction of sp³-hybridized carbons (Fsp3) is 0.533. The van der Waals surface area contributed by atoms with Crippen LogP contribution in [0.5, 0.6) is 5.75 Å². The molecule has 5 heteroatoms. The molecule has 0 aromatic heterocycles. The van der Waals surface area contributed by atoms with E-state index >= 15 is 0 Å². The van der Waals surface area contributed by atoms with Gasteiger partial charge < -0.3 is 10.1 Å². The van der Waals surface area contributed by atoms with Crippen LogP contribution in [-0.2, 0) is 0 Å². The largest absolute Gasteiger partial charge is 0.496 e. The van der Waals surface area contributed by atoms with Crippen LogP contribution in [0.2, 0.25) is 0 Å². The minimum absolute atomic E-state index is 0.114. The Balaban J connectivity index is 2.18. The molecule has 0 spiro atoms. The van der Waals surface area contributed by atoms with Crippen molar-refractivity contribution in [1.82, 2.24) is 5.32 Å². The number of alkyl halides is 1. The van der Waals surface area contributed by atoms with Crippen LogP contribution in [0.25, 0.3) is 0 Å². The van der Waals surface area contributed by atoms with Gasteiger partial charge in [-0.25, -0.2) is 0 Å². The lowest BCUT2D eigenvalue weighted by atomic mass is 9.83. The molecular formula is C15H19BrClNO2. The van der Waals surface area contributed by atoms with Gasteiger partial charge in [0.1, 0.15) is 5.75 Å². The molecule has 0 radical (unpaired) electrons. The molecule has 110 valence electrons. The highest BCUT2D eigenvalue weighted by atomic mass is 79.9. The lowest BCUT2D eigenvalue weighted by Gasteiger charge is -2.36. The fourth-order valence-electron chi connectivity index (χ4n) is 2.68. The van der Waals surface area contributed by atoms with E-state index in [-0.39, 0.29) is 11.4 Å². The van der Waals surface area contributed by atoms with E-state index < -0.39 is 0 Å². The summed E-state index contributed by atoms with van der Waals surface area (Å²) in [4.78, 5) is 12.5. The third-order valence-corrected chi connectivity index (χ3v) is 4.86. The molecule has 20 heavy (non-hydrogen) atoms. The van der Waals surface area contributed by atoms with Crippen LogP contribution in [0, 0.1) is 0 Å². The van der Waals surface area contributed by atoms with Gasteiger partial charge in [0, 0.05) is 10.4 Å². The molecule has 1 N–H and O–H groups in total. The van der Waals surface area contributed by atoms with Gasteiger partial charge in [-0.2, -0.15) is 0 Å². The van der Waals surface area contributed by atoms with Crippen molar-refractivity contribution in [2.75, 3.05) is 13.0 Å². The van der Waals surface area contributed by atoms with Crippen molar-refractivity contribution in [2.45, 2.75) is 37.6 Å². The van der Waals surface area contributed by atoms with E-state index in [0.29, 0.717) is 17.2 Å². The zero-order chi connectivity index (χ0) is 14.6. The van der Waals surface area contributed by atoms with Crippen LogP contribution in [0.4, 0.5) is 0 Å². The molecule has 0 bridgehead atoms. The van der Waals surface area contributed by atoms with E-state index in [2.05, 4.69) is 21.2 Å². The van der Waals surface area contributed by atoms with Crippen molar-refractivity contribution in [3.63, 3.8) is 0 Å². The van der Waals surface area contributed by atoms with Gasteiger partial charge in [-0.15, -0.1) is 11.6 Å². The summed E-state index contributed by atoms with van der Waals surface area (Å²) in [6, 6.07) is 5.40. The summed E-state index contributed by atoms with van der Waals surface area (Å²) in [5.41, 5.74) is 0.278. The minimum atomic E-state index is -0.269. The average Bonchev–Trinajstić information content (AvgIpc) is 2.47. The van der Waals surface area contributed by atoms with Crippen molar-refractivity contribution >= 4 is 33.4 Å². The van der Waals surface area contributed by atoms with Crippen LogP contribution >= 0.6 is 27.5 Å². The first-order chi connectivity index (χ1) is 9.60. The number of amides is 1. The molecule has 1 aromatic carbocycles. The molecule has 3 nitrogen and oxygen atoms in total. The lowest BCUT2D eigenvalue weighted by Crippen LogP contribution is -2.51. The van der Waals surface area contributed by atoms with Crippen LogP contribution in [-0.4, -0.2) is 24.4 Å². The Hall–Kier alpha value is -0.740. The number of carbonyl (C=O) groups is 1. The molecule has 1 amide bonds. The smallest absolute Gasteiger partial charge is 0.255 e. The maximum Gasteiger partial charge on any atom is 0.255 e. The van der Waals surface area contributed by atoms with Crippen LogP contribution < -0.4 is 10.1 Å². The third-order valence-electron chi connectivity index (χ3n) is 3.85. The number of halogens is 2. The lowest BCUT2D eigenvalue weighted by molar-refractivity contribution is 0.0881. The highest BCUT2D eigenvalue weighted by Gasteiger charge is 2.33. The van der Waals surface area contributed by atoms with Gasteiger partial charge in [0.25, 0.3) is 5.91 Å². The minimum Gasteiger partial charge on any atom is -0.496 e. The van der Waals surface area contributed by atoms with Gasteiger partial charge in [-0.05, 0) is 31.0 Å². The van der Waals surface area contributed by atoms with Crippen LogP contribution in [0.1, 0.15) is 42.5 Å². The standard InChI is InChI=1S/C15H19BrClNO2/c1-20-13-9-11(16)5-6-12(13)14(19)18-15(10-17)7-3-2-4-8-15/h5-6,9H,2-4,7-8,10H2,1H3,(H,18,19). The number of ether oxygens (including phenoxy) is 1. The number of nitrogens with one attached hydrogen (secondary N) is 1. The second kappa shape index (κ2) is 6.81. The topological polar surface area (TPSA) is 38.3 Å². The van der Waals surface area contributed by atoms with E-state index in [1.807, 2.05) is 6.07 Å². The Morgan fingerprint density at radius 1 is 1.40 bits per heavy atom. The highest BCUT2D eigenvalue weighted by molar-refractivity contribution is 9.10. The molecule has 0 atom stereocenters. The van der Waals surface area contributed by atoms with Crippen LogP contribution in [0.15, 0.2) is 22.7 Å². The molecule has 2 rings (SSSR count). The second-order valence-electron chi connectivity index (χ2n) is 5.27. The summed E-state index contributed by atoms with van der Waals surface area (Å²) in [6.45, 7) is 0. The normalized spacial score (nSPS) is 17.6. The molecule has 0 saturated heterocycles. The number of methoxy groups -OCH3 is 1. The number of carbonyl (C=O) groups excluding carboxylic acids is 1. The molecule has 1 saturated carbocycles. The summed E-state index contributed by atoms with van der Waals surface area (Å²) in [5.74, 6) is 0.909. The number of rotatable bonds is 4. The molecule has 0 unspecified atom stereocenters. The van der Waals surface area contributed by atoms with E-state index in [4.69, 9.17) is 16.3 Å². The molecular weight excluding hydrogens is 342 g/mol. The van der Waals surface area contributed by atoms with Gasteiger partial charge in [-0.1, -0.05) is 35.2 Å². The first-order valence-electron chi connectivity index (χ1n) is 6.82. The van der Waals surface area contributed by atoms with Gasteiger partial charge in [0.15, 0.2) is 0 Å². The van der Waals surface area contributed by atoms with Crippen molar-refractivity contribution < 1.29 is 9.53 Å². The summed E-state index contributed by atoms with van der Waals surface area (Å²) in [6.07, 6.45) is 5.34. The fourth-order valence-corrected chi connectivity index (χ4v) is 3.36. The Morgan fingerprint density at radius 2 is 2.10 bits per heavy atom. The molecule has 0 aliphatic heterocycles. The first-order valence-corrected chi connectivity index (χ1v) is 8.15. The monoisotopic (exact) mass is 359 g/mol. The Labute approximate surface area is 133 Å². The van der Waals surface area contributed by atoms with Gasteiger partial charge in [0.05, 0.1) is 18.2 Å². The predicted molar refractivity (Wildman–Crippen MR) is 84.7 cm³/mol. The van der Waals surface area contributed by atoms with Crippen molar-refractivity contribution in [1.29, 1.82) is 0 Å². The predicted octanol–water partition coefficient (Wildman–Crippen LogP) is 4.13. The zero-order valence-electron chi connectivity index (χ0n) is 11.5. The first kappa shape index (κ1) is 15.6. The molecule has 0 heterocycles. The Bertz CT molecular complexity index is 487. The summed E-state index contributed by atoms with van der Waals surface area (Å²) in [7, 11) is 1.57. The second-order valence-corrected chi connectivity index (χ2v) is 6.46. The van der Waals surface area contributed by atoms with E-state index in [1.54, 1.807) is 19.2 Å². The molecule has 1 aliphatic carbocycles. The molecule has 1 aromatic rings. The average molecular weight is 361 g/mol. The molecule has 1 aliphatic rings. The van der Waals surface area contributed by atoms with E-state index in [1.165, 1.54) is 6.42 Å². The Kier molecular flexibility index (Phi) is 5.33. The summed E-state index contributed by atoms with van der Waals surface area (Å²) >= 11 is 9.49. The van der Waals surface area contributed by atoms with Gasteiger partial charge >= 0.3 is 0 Å². The van der Waals surface area contributed by atoms with Crippen molar-refractivity contribution in [2.24, 2.45) is 0 Å². The van der Waals surface area contributed by atoms with Crippen LogP contribution in [0.3, 0.4) is 0 Å². The quantitative estimate of drug-likeness (QED) is 0.820. The number of benzene rings is 1. The van der Waals surface area contributed by atoms with Gasteiger partial charge in [-0.3, -0.25) is 4.79 Å².